The molecule has 0 saturated carbocycles. The Morgan fingerprint density at radius 1 is 0.902 bits per heavy atom. The minimum atomic E-state index is -1.06. The average Bonchev–Trinajstić information content (AvgIpc) is 3.56. The van der Waals surface area contributed by atoms with Crippen molar-refractivity contribution in [3.8, 4) is 33.9 Å². The van der Waals surface area contributed by atoms with Crippen molar-refractivity contribution in [2.75, 3.05) is 33.4 Å². The Kier molecular flexibility index (Phi) is 12.1. The van der Waals surface area contributed by atoms with E-state index in [2.05, 4.69) is 20.7 Å². The summed E-state index contributed by atoms with van der Waals surface area (Å²) in [5, 5.41) is 31.2. The third-order valence-corrected chi connectivity index (χ3v) is 8.99. The summed E-state index contributed by atoms with van der Waals surface area (Å²) >= 11 is 0. The largest absolute Gasteiger partial charge is 0.508 e. The molecule has 0 bridgehead atoms. The van der Waals surface area contributed by atoms with Gasteiger partial charge in [0, 0.05) is 32.1 Å². The van der Waals surface area contributed by atoms with E-state index in [1.54, 1.807) is 19.9 Å². The molecule has 1 fully saturated rings. The number of hydrogen-bond donors (Lipinski definition) is 4. The smallest absolute Gasteiger partial charge is 0.328 e. The number of aromatic nitrogens is 1. The molecule has 12 heteroatoms. The zero-order chi connectivity index (χ0) is 36.7. The first-order chi connectivity index (χ1) is 24.5. The first-order valence-corrected chi connectivity index (χ1v) is 17.1. The molecule has 51 heavy (non-hydrogen) atoms. The number of rotatable bonds is 13. The molecule has 2 amide bonds. The standard InChI is InChI=1S/C39H46N4O8/c1-23(2)28-20-29(32(45)21-31(28)44)36-33(27-13-11-26(12-14-27)22-43-15-17-50-18-16-43)35(42-51-36)38(47)41-34(24(3)4)37(46)40-30(39(48)49-5)19-25-9-7-6-8-10-25/h6-14,20-21,23-24,30,34,44-45H,15-19,22H2,1-5H3,(H,40,46)(H,41,47)/t30-,34-/m1/s1. The lowest BCUT2D eigenvalue weighted by Gasteiger charge is -2.26. The number of carbonyl (C=O) groups is 3. The molecule has 270 valence electrons. The van der Waals surface area contributed by atoms with Gasteiger partial charge in [0.2, 0.25) is 5.91 Å². The normalized spacial score (nSPS) is 14.6. The van der Waals surface area contributed by atoms with Crippen LogP contribution >= 0.6 is 0 Å². The molecule has 12 nitrogen and oxygen atoms in total. The van der Waals surface area contributed by atoms with Gasteiger partial charge in [-0.05, 0) is 40.2 Å². The number of hydrogen-bond acceptors (Lipinski definition) is 10. The van der Waals surface area contributed by atoms with Crippen LogP contribution in [0.15, 0.2) is 71.3 Å². The molecule has 1 aliphatic heterocycles. The molecule has 2 atom stereocenters. The van der Waals surface area contributed by atoms with Gasteiger partial charge < -0.3 is 34.8 Å². The highest BCUT2D eigenvalue weighted by atomic mass is 16.5. The van der Waals surface area contributed by atoms with Gasteiger partial charge in [0.25, 0.3) is 5.91 Å². The van der Waals surface area contributed by atoms with Gasteiger partial charge in [-0.1, -0.05) is 87.4 Å². The zero-order valence-electron chi connectivity index (χ0n) is 29.6. The number of benzene rings is 3. The van der Waals surface area contributed by atoms with Gasteiger partial charge >= 0.3 is 5.97 Å². The topological polar surface area (TPSA) is 163 Å². The minimum Gasteiger partial charge on any atom is -0.508 e. The molecule has 0 aliphatic carbocycles. The number of phenolic OH excluding ortho intramolecular Hbond substituents is 2. The molecule has 1 aliphatic rings. The Morgan fingerprint density at radius 3 is 2.22 bits per heavy atom. The Morgan fingerprint density at radius 2 is 1.59 bits per heavy atom. The van der Waals surface area contributed by atoms with Crippen molar-refractivity contribution in [1.82, 2.24) is 20.7 Å². The molecule has 5 rings (SSSR count). The number of nitrogens with zero attached hydrogens (tertiary/aromatic N) is 2. The lowest BCUT2D eigenvalue weighted by atomic mass is 9.93. The van der Waals surface area contributed by atoms with E-state index in [0.717, 1.165) is 30.8 Å². The fourth-order valence-corrected chi connectivity index (χ4v) is 6.12. The molecule has 0 unspecified atom stereocenters. The van der Waals surface area contributed by atoms with Crippen LogP contribution < -0.4 is 10.6 Å². The Bertz CT molecular complexity index is 1810. The Labute approximate surface area is 297 Å². The molecule has 2 heterocycles. The van der Waals surface area contributed by atoms with Crippen molar-refractivity contribution >= 4 is 17.8 Å². The molecular formula is C39H46N4O8. The van der Waals surface area contributed by atoms with Gasteiger partial charge in [-0.3, -0.25) is 14.5 Å². The van der Waals surface area contributed by atoms with Crippen molar-refractivity contribution in [3.63, 3.8) is 0 Å². The van der Waals surface area contributed by atoms with Crippen LogP contribution in [0.5, 0.6) is 11.5 Å². The van der Waals surface area contributed by atoms with E-state index in [1.165, 1.54) is 13.2 Å². The predicted octanol–water partition coefficient (Wildman–Crippen LogP) is 5.03. The van der Waals surface area contributed by atoms with E-state index < -0.39 is 29.9 Å². The number of ether oxygens (including phenoxy) is 2. The quantitative estimate of drug-likeness (QED) is 0.139. The predicted molar refractivity (Wildman–Crippen MR) is 191 cm³/mol. The average molecular weight is 699 g/mol. The van der Waals surface area contributed by atoms with E-state index in [-0.39, 0.29) is 46.8 Å². The van der Waals surface area contributed by atoms with Crippen LogP contribution in [0.25, 0.3) is 22.5 Å². The highest BCUT2D eigenvalue weighted by Crippen LogP contribution is 2.43. The van der Waals surface area contributed by atoms with Crippen molar-refractivity contribution in [2.24, 2.45) is 5.92 Å². The van der Waals surface area contributed by atoms with Gasteiger partial charge in [-0.15, -0.1) is 0 Å². The Hall–Kier alpha value is -5.20. The lowest BCUT2D eigenvalue weighted by Crippen LogP contribution is -2.54. The summed E-state index contributed by atoms with van der Waals surface area (Å²) in [5.74, 6) is -2.54. The van der Waals surface area contributed by atoms with E-state index in [0.29, 0.717) is 29.9 Å². The second kappa shape index (κ2) is 16.7. The van der Waals surface area contributed by atoms with Gasteiger partial charge in [-0.2, -0.15) is 0 Å². The van der Waals surface area contributed by atoms with Crippen LogP contribution in [-0.2, 0) is 32.0 Å². The van der Waals surface area contributed by atoms with Gasteiger partial charge in [0.1, 0.15) is 23.6 Å². The van der Waals surface area contributed by atoms with Gasteiger partial charge in [0.15, 0.2) is 11.5 Å². The SMILES string of the molecule is COC(=O)[C@@H](Cc1ccccc1)NC(=O)[C@H](NC(=O)c1noc(-c2cc(C(C)C)c(O)cc2O)c1-c1ccc(CN2CCOCC2)cc1)C(C)C. The van der Waals surface area contributed by atoms with Crippen LogP contribution in [-0.4, -0.2) is 83.6 Å². The lowest BCUT2D eigenvalue weighted by molar-refractivity contribution is -0.145. The van der Waals surface area contributed by atoms with Crippen molar-refractivity contribution in [1.29, 1.82) is 0 Å². The number of phenols is 2. The summed E-state index contributed by atoms with van der Waals surface area (Å²) in [6.45, 7) is 11.1. The van der Waals surface area contributed by atoms with Crippen molar-refractivity contribution in [2.45, 2.75) is 58.7 Å². The van der Waals surface area contributed by atoms with E-state index in [1.807, 2.05) is 68.4 Å². The zero-order valence-corrected chi connectivity index (χ0v) is 29.6. The number of aromatic hydroxyl groups is 2. The van der Waals surface area contributed by atoms with E-state index in [9.17, 15) is 24.6 Å². The highest BCUT2D eigenvalue weighted by molar-refractivity contribution is 6.04. The maximum atomic E-state index is 14.1. The van der Waals surface area contributed by atoms with Gasteiger partial charge in [0.05, 0.1) is 31.5 Å². The maximum absolute atomic E-state index is 14.1. The first kappa shape index (κ1) is 37.1. The molecule has 1 aromatic heterocycles. The van der Waals surface area contributed by atoms with E-state index in [4.69, 9.17) is 14.0 Å². The minimum absolute atomic E-state index is 0.0685. The first-order valence-electron chi connectivity index (χ1n) is 17.1. The van der Waals surface area contributed by atoms with Crippen LogP contribution in [0.1, 0.15) is 60.8 Å². The molecular weight excluding hydrogens is 652 g/mol. The molecule has 4 N–H and O–H groups in total. The third-order valence-electron chi connectivity index (χ3n) is 8.99. The van der Waals surface area contributed by atoms with E-state index >= 15 is 0 Å². The summed E-state index contributed by atoms with van der Waals surface area (Å²) in [6, 6.07) is 17.7. The molecule has 3 aromatic carbocycles. The van der Waals surface area contributed by atoms with Crippen LogP contribution in [0.2, 0.25) is 0 Å². The maximum Gasteiger partial charge on any atom is 0.328 e. The summed E-state index contributed by atoms with van der Waals surface area (Å²) in [5.41, 5.74) is 3.51. The van der Waals surface area contributed by atoms with Crippen LogP contribution in [0.4, 0.5) is 0 Å². The van der Waals surface area contributed by atoms with Crippen molar-refractivity contribution in [3.05, 3.63) is 89.1 Å². The second-order valence-corrected chi connectivity index (χ2v) is 13.4. The highest BCUT2D eigenvalue weighted by Gasteiger charge is 2.33. The fraction of sp³-hybridized carbons (Fsp3) is 0.385. The van der Waals surface area contributed by atoms with Crippen molar-refractivity contribution < 1.29 is 38.6 Å². The molecule has 0 spiro atoms. The third kappa shape index (κ3) is 8.94. The summed E-state index contributed by atoms with van der Waals surface area (Å²) < 4.78 is 16.2. The summed E-state index contributed by atoms with van der Waals surface area (Å²) in [4.78, 5) is 42.8. The molecule has 4 aromatic rings. The number of esters is 1. The number of nitrogens with one attached hydrogen (secondary N) is 2. The number of carbonyl (C=O) groups excluding carboxylic acids is 3. The molecule has 0 radical (unpaired) electrons. The van der Waals surface area contributed by atoms with Crippen LogP contribution in [0.3, 0.4) is 0 Å². The second-order valence-electron chi connectivity index (χ2n) is 13.4. The number of methoxy groups -OCH3 is 1. The number of morpholine rings is 1. The fourth-order valence-electron chi connectivity index (χ4n) is 6.12. The summed E-state index contributed by atoms with van der Waals surface area (Å²) in [7, 11) is 1.25. The molecule has 1 saturated heterocycles. The van der Waals surface area contributed by atoms with Gasteiger partial charge in [-0.25, -0.2) is 4.79 Å². The monoisotopic (exact) mass is 698 g/mol. The summed E-state index contributed by atoms with van der Waals surface area (Å²) in [6.07, 6.45) is 0.199. The number of amides is 2. The van der Waals surface area contributed by atoms with Crippen LogP contribution in [0, 0.1) is 5.92 Å². The Balaban J connectivity index is 1.48.